The zero-order valence-corrected chi connectivity index (χ0v) is 9.24. The van der Waals surface area contributed by atoms with Gasteiger partial charge in [0.1, 0.15) is 0 Å². The molecule has 1 N–H and O–H groups in total. The summed E-state index contributed by atoms with van der Waals surface area (Å²) in [6, 6.07) is 0. The lowest BCUT2D eigenvalue weighted by Crippen LogP contribution is -2.20. The number of hydrogen-bond donors (Lipinski definition) is 1. The second kappa shape index (κ2) is 11.8. The van der Waals surface area contributed by atoms with Gasteiger partial charge in [-0.1, -0.05) is 0 Å². The summed E-state index contributed by atoms with van der Waals surface area (Å²) in [7, 11) is 4.88. The van der Waals surface area contributed by atoms with Crippen LogP contribution < -0.4 is 0 Å². The van der Waals surface area contributed by atoms with E-state index < -0.39 is 0 Å². The minimum Gasteiger partial charge on any atom is -0.391 e. The number of aliphatic hydroxyl groups is 1. The maximum atomic E-state index is 8.80. The Balaban J connectivity index is 0. The monoisotopic (exact) mass is 194 g/mol. The summed E-state index contributed by atoms with van der Waals surface area (Å²) in [6.45, 7) is 4.56. The van der Waals surface area contributed by atoms with Crippen LogP contribution in [0.25, 0.3) is 0 Å². The van der Waals surface area contributed by atoms with Crippen molar-refractivity contribution in [3.05, 3.63) is 0 Å². The van der Waals surface area contributed by atoms with Crippen LogP contribution in [0.3, 0.4) is 0 Å². The number of rotatable bonds is 5. The SMILES string of the molecule is COC.COCC(C)OCC(C)O. The van der Waals surface area contributed by atoms with E-state index in [2.05, 4.69) is 4.74 Å². The van der Waals surface area contributed by atoms with Gasteiger partial charge in [0.25, 0.3) is 0 Å². The van der Waals surface area contributed by atoms with Gasteiger partial charge in [-0.15, -0.1) is 0 Å². The molecule has 4 nitrogen and oxygen atoms in total. The zero-order chi connectivity index (χ0) is 10.7. The van der Waals surface area contributed by atoms with Crippen molar-refractivity contribution in [2.75, 3.05) is 34.5 Å². The fourth-order valence-corrected chi connectivity index (χ4v) is 0.586. The molecule has 0 radical (unpaired) electrons. The van der Waals surface area contributed by atoms with E-state index in [1.807, 2.05) is 6.92 Å². The number of hydrogen-bond acceptors (Lipinski definition) is 4. The summed E-state index contributed by atoms with van der Waals surface area (Å²) in [5, 5.41) is 8.80. The molecular formula is C9H22O4. The molecule has 0 aliphatic rings. The van der Waals surface area contributed by atoms with Gasteiger partial charge in [0, 0.05) is 21.3 Å². The van der Waals surface area contributed by atoms with Crippen molar-refractivity contribution in [2.24, 2.45) is 0 Å². The molecule has 0 aliphatic carbocycles. The van der Waals surface area contributed by atoms with E-state index in [9.17, 15) is 0 Å². The maximum Gasteiger partial charge on any atom is 0.0781 e. The van der Waals surface area contributed by atoms with E-state index in [1.54, 1.807) is 28.3 Å². The van der Waals surface area contributed by atoms with Crippen molar-refractivity contribution >= 4 is 0 Å². The van der Waals surface area contributed by atoms with Gasteiger partial charge in [0.2, 0.25) is 0 Å². The van der Waals surface area contributed by atoms with Crippen LogP contribution in [0.1, 0.15) is 13.8 Å². The molecule has 0 saturated carbocycles. The Morgan fingerprint density at radius 1 is 1.08 bits per heavy atom. The van der Waals surface area contributed by atoms with Crippen molar-refractivity contribution < 1.29 is 19.3 Å². The van der Waals surface area contributed by atoms with Crippen LogP contribution >= 0.6 is 0 Å². The summed E-state index contributed by atoms with van der Waals surface area (Å²) in [6.07, 6.45) is -0.320. The molecular weight excluding hydrogens is 172 g/mol. The molecule has 0 aliphatic heterocycles. The van der Waals surface area contributed by atoms with E-state index in [1.165, 1.54) is 0 Å². The third-order valence-electron chi connectivity index (χ3n) is 1.02. The molecule has 2 unspecified atom stereocenters. The minimum atomic E-state index is -0.390. The lowest BCUT2D eigenvalue weighted by atomic mass is 10.4. The molecule has 2 atom stereocenters. The maximum absolute atomic E-state index is 8.80. The Hall–Kier alpha value is -0.160. The summed E-state index contributed by atoms with van der Waals surface area (Å²) in [5.74, 6) is 0. The van der Waals surface area contributed by atoms with Crippen molar-refractivity contribution in [3.63, 3.8) is 0 Å². The number of methoxy groups -OCH3 is 2. The van der Waals surface area contributed by atoms with E-state index in [-0.39, 0.29) is 12.2 Å². The number of ether oxygens (including phenoxy) is 3. The first-order valence-corrected chi connectivity index (χ1v) is 4.27. The summed E-state index contributed by atoms with van der Waals surface area (Å²) < 4.78 is 14.2. The predicted molar refractivity (Wildman–Crippen MR) is 51.9 cm³/mol. The molecule has 0 rings (SSSR count). The lowest BCUT2D eigenvalue weighted by Gasteiger charge is -2.12. The summed E-state index contributed by atoms with van der Waals surface area (Å²) in [4.78, 5) is 0. The molecule has 0 aromatic rings. The van der Waals surface area contributed by atoms with Gasteiger partial charge in [0.05, 0.1) is 25.4 Å². The highest BCUT2D eigenvalue weighted by Gasteiger charge is 2.02. The van der Waals surface area contributed by atoms with Gasteiger partial charge in [-0.05, 0) is 13.8 Å². The average molecular weight is 194 g/mol. The van der Waals surface area contributed by atoms with Crippen LogP contribution in [-0.2, 0) is 14.2 Å². The molecule has 0 fully saturated rings. The van der Waals surface area contributed by atoms with E-state index in [0.29, 0.717) is 13.2 Å². The van der Waals surface area contributed by atoms with Crippen LogP contribution in [0, 0.1) is 0 Å². The molecule has 0 heterocycles. The molecule has 0 amide bonds. The van der Waals surface area contributed by atoms with Gasteiger partial charge in [-0.2, -0.15) is 0 Å². The third-order valence-corrected chi connectivity index (χ3v) is 1.02. The molecule has 0 spiro atoms. The molecule has 0 aromatic carbocycles. The molecule has 0 aromatic heterocycles. The molecule has 82 valence electrons. The lowest BCUT2D eigenvalue weighted by molar-refractivity contribution is -0.0268. The van der Waals surface area contributed by atoms with Gasteiger partial charge in [-0.3, -0.25) is 0 Å². The molecule has 0 saturated heterocycles. The fraction of sp³-hybridized carbons (Fsp3) is 1.00. The first-order valence-electron chi connectivity index (χ1n) is 4.27. The second-order valence-corrected chi connectivity index (χ2v) is 2.86. The Labute approximate surface area is 80.8 Å². The smallest absolute Gasteiger partial charge is 0.0781 e. The Morgan fingerprint density at radius 3 is 1.85 bits per heavy atom. The second-order valence-electron chi connectivity index (χ2n) is 2.86. The van der Waals surface area contributed by atoms with Crippen LogP contribution in [0.15, 0.2) is 0 Å². The molecule has 0 bridgehead atoms. The normalized spacial score (nSPS) is 14.3. The van der Waals surface area contributed by atoms with Crippen molar-refractivity contribution in [2.45, 2.75) is 26.1 Å². The Morgan fingerprint density at radius 2 is 1.54 bits per heavy atom. The topological polar surface area (TPSA) is 47.9 Å². The highest BCUT2D eigenvalue weighted by Crippen LogP contribution is 1.92. The standard InChI is InChI=1S/C7H16O3.C2H6O/c1-6(8)4-10-7(2)5-9-3;1-3-2/h6-8H,4-5H2,1-3H3;1-2H3. The van der Waals surface area contributed by atoms with Crippen molar-refractivity contribution in [3.8, 4) is 0 Å². The van der Waals surface area contributed by atoms with E-state index >= 15 is 0 Å². The van der Waals surface area contributed by atoms with Crippen molar-refractivity contribution in [1.29, 1.82) is 0 Å². The van der Waals surface area contributed by atoms with Gasteiger partial charge >= 0.3 is 0 Å². The van der Waals surface area contributed by atoms with Crippen LogP contribution in [0.5, 0.6) is 0 Å². The van der Waals surface area contributed by atoms with Crippen LogP contribution in [0.4, 0.5) is 0 Å². The highest BCUT2D eigenvalue weighted by molar-refractivity contribution is 4.48. The Kier molecular flexibility index (Phi) is 14.0. The van der Waals surface area contributed by atoms with E-state index in [4.69, 9.17) is 14.6 Å². The highest BCUT2D eigenvalue weighted by atomic mass is 16.5. The van der Waals surface area contributed by atoms with Crippen LogP contribution in [-0.4, -0.2) is 51.9 Å². The van der Waals surface area contributed by atoms with Gasteiger partial charge in [-0.25, -0.2) is 0 Å². The first-order chi connectivity index (χ1) is 6.08. The van der Waals surface area contributed by atoms with Crippen LogP contribution in [0.2, 0.25) is 0 Å². The molecule has 13 heavy (non-hydrogen) atoms. The van der Waals surface area contributed by atoms with Gasteiger partial charge < -0.3 is 19.3 Å². The van der Waals surface area contributed by atoms with Gasteiger partial charge in [0.15, 0.2) is 0 Å². The van der Waals surface area contributed by atoms with E-state index in [0.717, 1.165) is 0 Å². The largest absolute Gasteiger partial charge is 0.391 e. The molecule has 4 heteroatoms. The summed E-state index contributed by atoms with van der Waals surface area (Å²) in [5.41, 5.74) is 0. The quantitative estimate of drug-likeness (QED) is 0.699. The predicted octanol–water partition coefficient (Wildman–Crippen LogP) is 0.681. The fourth-order valence-electron chi connectivity index (χ4n) is 0.586. The third kappa shape index (κ3) is 18.7. The minimum absolute atomic E-state index is 0.0691. The zero-order valence-electron chi connectivity index (χ0n) is 9.24. The summed E-state index contributed by atoms with van der Waals surface area (Å²) >= 11 is 0. The first kappa shape index (κ1) is 15.3. The van der Waals surface area contributed by atoms with Crippen molar-refractivity contribution in [1.82, 2.24) is 0 Å². The number of aliphatic hydroxyl groups excluding tert-OH is 1. The average Bonchev–Trinajstić information content (AvgIpc) is 2.03. The Bertz CT molecular complexity index is 85.7.